The van der Waals surface area contributed by atoms with Crippen LogP contribution in [0, 0.1) is 11.8 Å². The first kappa shape index (κ1) is 29.5. The van der Waals surface area contributed by atoms with Crippen molar-refractivity contribution in [2.45, 2.75) is 30.6 Å². The maximum Gasteiger partial charge on any atom is 0.322 e. The number of nitrogens with two attached hydrogens (primary N) is 1. The highest BCUT2D eigenvalue weighted by Gasteiger charge is 2.67. The van der Waals surface area contributed by atoms with Gasteiger partial charge in [-0.25, -0.2) is 4.79 Å². The molecule has 6 atom stereocenters. The zero-order valence-electron chi connectivity index (χ0n) is 23.1. The van der Waals surface area contributed by atoms with Gasteiger partial charge in [-0.2, -0.15) is 5.06 Å². The number of primary amides is 1. The minimum absolute atomic E-state index is 0.123. The Bertz CT molecular complexity index is 1460. The van der Waals surface area contributed by atoms with Crippen molar-refractivity contribution in [1.29, 1.82) is 0 Å². The number of hydroxylamine groups is 2. The normalized spacial score (nSPS) is 31.6. The number of benzene rings is 1. The summed E-state index contributed by atoms with van der Waals surface area (Å²) in [4.78, 5) is 55.1. The van der Waals surface area contributed by atoms with Crippen LogP contribution < -0.4 is 11.1 Å². The van der Waals surface area contributed by atoms with Gasteiger partial charge in [-0.15, -0.1) is 0 Å². The number of anilines is 1. The third-order valence-corrected chi connectivity index (χ3v) is 8.92. The average molecular weight is 588 g/mol. The maximum atomic E-state index is 13.9. The lowest BCUT2D eigenvalue weighted by molar-refractivity contribution is -0.162. The maximum absolute atomic E-state index is 13.9. The number of fused-ring (bicyclic) bond motifs is 3. The van der Waals surface area contributed by atoms with Crippen LogP contribution in [0.4, 0.5) is 10.5 Å². The first-order chi connectivity index (χ1) is 19.6. The van der Waals surface area contributed by atoms with Crippen LogP contribution in [0.1, 0.15) is 28.8 Å². The molecule has 15 nitrogen and oxygen atoms in total. The summed E-state index contributed by atoms with van der Waals surface area (Å²) in [6, 6.07) is 0.931. The summed E-state index contributed by atoms with van der Waals surface area (Å²) in [7, 11) is 2.92. The van der Waals surface area contributed by atoms with Crippen molar-refractivity contribution in [3.8, 4) is 5.75 Å². The average Bonchev–Trinajstić information content (AvgIpc) is 2.92. The van der Waals surface area contributed by atoms with Gasteiger partial charge in [0.05, 0.1) is 29.3 Å². The molecule has 6 unspecified atom stereocenters. The van der Waals surface area contributed by atoms with E-state index in [4.69, 9.17) is 5.73 Å². The second-order valence-corrected chi connectivity index (χ2v) is 11.3. The van der Waals surface area contributed by atoms with Crippen molar-refractivity contribution in [3.05, 3.63) is 45.9 Å². The number of hydrogen-bond acceptors (Lipinski definition) is 12. The Morgan fingerprint density at radius 1 is 1.10 bits per heavy atom. The van der Waals surface area contributed by atoms with E-state index >= 15 is 0 Å². The molecule has 1 heterocycles. The zero-order chi connectivity index (χ0) is 31.0. The number of carbonyl (C=O) groups excluding carboxylic acids is 4. The first-order valence-corrected chi connectivity index (χ1v) is 13.3. The largest absolute Gasteiger partial charge is 0.510 e. The number of phenolic OH excluding ortho intramolecular Hbond substituents is 1. The Kier molecular flexibility index (Phi) is 7.06. The number of aromatic hydroxyl groups is 1. The van der Waals surface area contributed by atoms with Crippen LogP contribution in [-0.2, 0) is 9.59 Å². The van der Waals surface area contributed by atoms with E-state index in [1.807, 2.05) is 0 Å². The Balaban J connectivity index is 1.62. The van der Waals surface area contributed by atoms with E-state index in [9.17, 15) is 49.9 Å². The number of phenols is 1. The summed E-state index contributed by atoms with van der Waals surface area (Å²) >= 11 is 0. The van der Waals surface area contributed by atoms with E-state index in [2.05, 4.69) is 5.32 Å². The van der Waals surface area contributed by atoms with Gasteiger partial charge in [-0.3, -0.25) is 19.3 Å². The predicted octanol–water partition coefficient (Wildman–Crippen LogP) is -0.809. The predicted molar refractivity (Wildman–Crippen MR) is 144 cm³/mol. The molecule has 5 rings (SSSR count). The molecule has 0 bridgehead atoms. The molecule has 226 valence electrons. The van der Waals surface area contributed by atoms with Crippen LogP contribution >= 0.6 is 0 Å². The summed E-state index contributed by atoms with van der Waals surface area (Å²) in [5.74, 6) is -9.96. The van der Waals surface area contributed by atoms with Crippen LogP contribution in [0.3, 0.4) is 0 Å². The Hall–Kier alpha value is -4.02. The number of urea groups is 1. The van der Waals surface area contributed by atoms with E-state index in [1.54, 1.807) is 6.92 Å². The quantitative estimate of drug-likeness (QED) is 0.160. The standard InChI is InChI=1S/C27H33N5O10/c1-10-11-4-5-12(29-26(40)31-6-8-32(42)9-7-31)19(33)14(11)20(34)15-13(10)21(35)17-18(30(2)3)22(36)16(25(28)39)24(38)27(17,41)23(15)37/h4-5,10,13,17-18,21,33,35-37,41-42H,6-9H2,1-3H3,(H2,28,39)(H,29,40). The molecule has 1 saturated heterocycles. The Morgan fingerprint density at radius 3 is 2.29 bits per heavy atom. The Morgan fingerprint density at radius 2 is 1.71 bits per heavy atom. The molecule has 1 aromatic carbocycles. The highest BCUT2D eigenvalue weighted by Crippen LogP contribution is 2.56. The second kappa shape index (κ2) is 10.1. The number of hydrogen-bond donors (Lipinski definition) is 8. The van der Waals surface area contributed by atoms with Crippen molar-refractivity contribution in [2.24, 2.45) is 17.6 Å². The molecule has 1 aliphatic heterocycles. The monoisotopic (exact) mass is 587 g/mol. The number of nitrogens with zero attached hydrogens (tertiary/aromatic N) is 3. The zero-order valence-corrected chi connectivity index (χ0v) is 23.1. The summed E-state index contributed by atoms with van der Waals surface area (Å²) in [5.41, 5.74) is 0.637. The highest BCUT2D eigenvalue weighted by atomic mass is 16.5. The molecule has 15 heteroatoms. The van der Waals surface area contributed by atoms with Crippen molar-refractivity contribution in [3.63, 3.8) is 0 Å². The molecule has 0 radical (unpaired) electrons. The molecule has 0 aromatic heterocycles. The molecule has 42 heavy (non-hydrogen) atoms. The van der Waals surface area contributed by atoms with Gasteiger partial charge in [0.2, 0.25) is 5.78 Å². The number of carbonyl (C=O) groups is 4. The fraction of sp³-hybridized carbons (Fsp3) is 0.481. The number of Topliss-reactive ketones (excluding diaryl/α,β-unsaturated/α-hetero) is 2. The molecule has 1 fully saturated rings. The van der Waals surface area contributed by atoms with E-state index in [1.165, 1.54) is 36.0 Å². The minimum atomic E-state index is -3.01. The summed E-state index contributed by atoms with van der Waals surface area (Å²) in [5, 5.41) is 70.0. The highest BCUT2D eigenvalue weighted by molar-refractivity contribution is 6.25. The topological polar surface area (TPSA) is 237 Å². The van der Waals surface area contributed by atoms with Crippen molar-refractivity contribution < 1.29 is 49.9 Å². The number of amides is 3. The number of aliphatic hydroxyl groups excluding tert-OH is 3. The fourth-order valence-electron chi connectivity index (χ4n) is 6.82. The van der Waals surface area contributed by atoms with Crippen molar-refractivity contribution in [1.82, 2.24) is 14.9 Å². The van der Waals surface area contributed by atoms with Crippen molar-refractivity contribution in [2.75, 3.05) is 45.6 Å². The third-order valence-electron chi connectivity index (χ3n) is 8.92. The lowest BCUT2D eigenvalue weighted by atomic mass is 9.55. The molecule has 0 spiro atoms. The van der Waals surface area contributed by atoms with E-state index in [0.29, 0.717) is 0 Å². The minimum Gasteiger partial charge on any atom is -0.510 e. The summed E-state index contributed by atoms with van der Waals surface area (Å²) < 4.78 is 0. The van der Waals surface area contributed by atoms with Gasteiger partial charge in [0.1, 0.15) is 17.1 Å². The fourth-order valence-corrected chi connectivity index (χ4v) is 6.82. The third kappa shape index (κ3) is 3.99. The molecule has 0 saturated carbocycles. The number of piperazine rings is 1. The van der Waals surface area contributed by atoms with Crippen LogP contribution in [0.2, 0.25) is 0 Å². The van der Waals surface area contributed by atoms with Crippen LogP contribution in [0.5, 0.6) is 5.75 Å². The van der Waals surface area contributed by atoms with Gasteiger partial charge >= 0.3 is 6.03 Å². The van der Waals surface area contributed by atoms with Gasteiger partial charge in [-0.05, 0) is 31.6 Å². The van der Waals surface area contributed by atoms with Gasteiger partial charge < -0.3 is 46.7 Å². The molecule has 9 N–H and O–H groups in total. The second-order valence-electron chi connectivity index (χ2n) is 11.3. The smallest absolute Gasteiger partial charge is 0.322 e. The van der Waals surface area contributed by atoms with E-state index < -0.39 is 87.4 Å². The Labute approximate surface area is 239 Å². The van der Waals surface area contributed by atoms with Gasteiger partial charge in [-0.1, -0.05) is 13.0 Å². The number of aliphatic hydroxyl groups is 4. The van der Waals surface area contributed by atoms with E-state index in [0.717, 1.165) is 5.06 Å². The lowest BCUT2D eigenvalue weighted by Crippen LogP contribution is -2.68. The molecule has 3 amide bonds. The molecule has 4 aliphatic rings. The van der Waals surface area contributed by atoms with Crippen LogP contribution in [0.25, 0.3) is 0 Å². The number of nitrogens with one attached hydrogen (secondary N) is 1. The molecule has 1 aromatic rings. The van der Waals surface area contributed by atoms with Gasteiger partial charge in [0.25, 0.3) is 5.91 Å². The SMILES string of the molecule is CC1c2ccc(NC(=O)N3CCN(O)CC3)c(O)c2C(=O)C2=C(O)C3(O)C(=O)C(C(N)=O)=C(O)C(N(C)C)C3C(O)C21. The van der Waals surface area contributed by atoms with E-state index in [-0.39, 0.29) is 43.0 Å². The van der Waals surface area contributed by atoms with Gasteiger partial charge in [0, 0.05) is 37.7 Å². The number of ketones is 2. The summed E-state index contributed by atoms with van der Waals surface area (Å²) in [6.45, 7) is 2.48. The first-order valence-electron chi connectivity index (χ1n) is 13.3. The summed E-state index contributed by atoms with van der Waals surface area (Å²) in [6.07, 6.45) is -1.70. The molecule has 3 aliphatic carbocycles. The van der Waals surface area contributed by atoms with Crippen LogP contribution in [-0.4, -0.2) is 127 Å². The van der Waals surface area contributed by atoms with Crippen LogP contribution in [0.15, 0.2) is 34.8 Å². The number of likely N-dealkylation sites (N-methyl/N-ethyl adjacent to an activating group) is 1. The molecular weight excluding hydrogens is 554 g/mol. The van der Waals surface area contributed by atoms with Gasteiger partial charge in [0.15, 0.2) is 17.1 Å². The van der Waals surface area contributed by atoms with Crippen molar-refractivity contribution >= 4 is 29.2 Å². The lowest BCUT2D eigenvalue weighted by Gasteiger charge is -2.53. The molecular formula is C27H33N5O10. The number of rotatable bonds is 3.